The Morgan fingerprint density at radius 1 is 1.06 bits per heavy atom. The Balaban J connectivity index is 1.23. The van der Waals surface area contributed by atoms with Crippen LogP contribution in [0.1, 0.15) is 41.1 Å². The molecule has 1 aromatic carbocycles. The molecule has 3 heterocycles. The van der Waals surface area contributed by atoms with Crippen molar-refractivity contribution >= 4 is 17.7 Å². The van der Waals surface area contributed by atoms with E-state index in [0.29, 0.717) is 56.7 Å². The lowest BCUT2D eigenvalue weighted by atomic mass is 9.86. The molecule has 5 rings (SSSR count). The number of carbonyl (C=O) groups excluding carboxylic acids is 1. The molecule has 2 saturated heterocycles. The summed E-state index contributed by atoms with van der Waals surface area (Å²) in [7, 11) is 0. The van der Waals surface area contributed by atoms with E-state index in [-0.39, 0.29) is 11.8 Å². The van der Waals surface area contributed by atoms with Gasteiger partial charge >= 0.3 is 6.18 Å². The monoisotopic (exact) mass is 457 g/mol. The van der Waals surface area contributed by atoms with Crippen molar-refractivity contribution in [2.45, 2.75) is 31.4 Å². The van der Waals surface area contributed by atoms with Gasteiger partial charge in [0.15, 0.2) is 0 Å². The molecule has 5 nitrogen and oxygen atoms in total. The molecule has 0 spiro atoms. The molecule has 0 N–H and O–H groups in total. The average Bonchev–Trinajstić information content (AvgIpc) is 3.27. The van der Waals surface area contributed by atoms with Gasteiger partial charge in [-0.05, 0) is 48.1 Å². The lowest BCUT2D eigenvalue weighted by Gasteiger charge is -2.33. The maximum Gasteiger partial charge on any atom is 0.416 e. The third-order valence-corrected chi connectivity index (χ3v) is 6.82. The first kappa shape index (κ1) is 21.9. The number of nitrogens with zero attached hydrogens (tertiary/aromatic N) is 3. The first-order chi connectivity index (χ1) is 15.9. The topological polar surface area (TPSA) is 45.7 Å². The number of anilines is 1. The molecule has 0 atom stereocenters. The number of rotatable bonds is 3. The van der Waals surface area contributed by atoms with Gasteiger partial charge in [0.2, 0.25) is 5.91 Å². The van der Waals surface area contributed by atoms with Gasteiger partial charge in [-0.15, -0.1) is 0 Å². The van der Waals surface area contributed by atoms with Crippen molar-refractivity contribution in [3.63, 3.8) is 0 Å². The van der Waals surface area contributed by atoms with Gasteiger partial charge in [0, 0.05) is 38.2 Å². The van der Waals surface area contributed by atoms with Gasteiger partial charge in [-0.1, -0.05) is 18.2 Å². The quantitative estimate of drug-likeness (QED) is 0.690. The van der Waals surface area contributed by atoms with Crippen molar-refractivity contribution in [3.05, 3.63) is 64.5 Å². The van der Waals surface area contributed by atoms with Crippen LogP contribution in [0.2, 0.25) is 0 Å². The molecule has 0 radical (unpaired) electrons. The Kier molecular flexibility index (Phi) is 5.86. The maximum absolute atomic E-state index is 13.4. The maximum atomic E-state index is 13.4. The van der Waals surface area contributed by atoms with E-state index in [0.717, 1.165) is 36.1 Å². The van der Waals surface area contributed by atoms with Crippen LogP contribution >= 0.6 is 0 Å². The van der Waals surface area contributed by atoms with Crippen LogP contribution in [0.4, 0.5) is 18.9 Å². The number of likely N-dealkylation sites (tertiary alicyclic amines) is 1. The minimum Gasteiger partial charge on any atom is -0.378 e. The molecule has 174 valence electrons. The summed E-state index contributed by atoms with van der Waals surface area (Å²) in [6, 6.07) is 7.89. The van der Waals surface area contributed by atoms with Crippen LogP contribution < -0.4 is 4.90 Å². The first-order valence-electron chi connectivity index (χ1n) is 11.4. The van der Waals surface area contributed by atoms with E-state index in [1.54, 1.807) is 17.0 Å². The van der Waals surface area contributed by atoms with Gasteiger partial charge in [0.05, 0.1) is 36.4 Å². The fraction of sp³-hybridized carbons (Fsp3) is 0.440. The molecular weight excluding hydrogens is 431 g/mol. The minimum absolute atomic E-state index is 0.0384. The number of amides is 1. The Bertz CT molecular complexity index is 1070. The van der Waals surface area contributed by atoms with E-state index >= 15 is 0 Å². The Morgan fingerprint density at radius 3 is 2.52 bits per heavy atom. The smallest absolute Gasteiger partial charge is 0.378 e. The Labute approximate surface area is 190 Å². The summed E-state index contributed by atoms with van der Waals surface area (Å²) in [5.41, 5.74) is 3.38. The summed E-state index contributed by atoms with van der Waals surface area (Å²) in [4.78, 5) is 21.7. The average molecular weight is 457 g/mol. The molecule has 33 heavy (non-hydrogen) atoms. The van der Waals surface area contributed by atoms with Crippen LogP contribution in [0.15, 0.2) is 42.1 Å². The number of ether oxygens (including phenoxy) is 1. The second kappa shape index (κ2) is 8.82. The van der Waals surface area contributed by atoms with Crippen LogP contribution in [0, 0.1) is 0 Å². The van der Waals surface area contributed by atoms with Crippen molar-refractivity contribution in [2.24, 2.45) is 0 Å². The van der Waals surface area contributed by atoms with Crippen LogP contribution in [0.3, 0.4) is 0 Å². The van der Waals surface area contributed by atoms with E-state index in [2.05, 4.69) is 16.0 Å². The van der Waals surface area contributed by atoms with E-state index < -0.39 is 11.7 Å². The summed E-state index contributed by atoms with van der Waals surface area (Å²) in [6.07, 6.45) is 0.924. The number of carbonyl (C=O) groups is 1. The highest BCUT2D eigenvalue weighted by atomic mass is 19.4. The highest BCUT2D eigenvalue weighted by Crippen LogP contribution is 2.39. The molecular formula is C25H26F3N3O2. The third-order valence-electron chi connectivity index (χ3n) is 6.82. The zero-order chi connectivity index (χ0) is 23.0. The van der Waals surface area contributed by atoms with Gasteiger partial charge in [-0.2, -0.15) is 13.2 Å². The van der Waals surface area contributed by atoms with Gasteiger partial charge in [-0.25, -0.2) is 0 Å². The predicted octanol–water partition coefficient (Wildman–Crippen LogP) is 4.28. The molecule has 8 heteroatoms. The number of alkyl halides is 3. The first-order valence-corrected chi connectivity index (χ1v) is 11.4. The van der Waals surface area contributed by atoms with Crippen molar-refractivity contribution in [3.8, 4) is 0 Å². The van der Waals surface area contributed by atoms with E-state index in [1.807, 2.05) is 12.3 Å². The number of piperidine rings is 1. The highest BCUT2D eigenvalue weighted by Gasteiger charge is 2.36. The number of morpholine rings is 1. The number of pyridine rings is 1. The summed E-state index contributed by atoms with van der Waals surface area (Å²) < 4.78 is 45.6. The summed E-state index contributed by atoms with van der Waals surface area (Å²) in [5.74, 6) is -0.233. The minimum atomic E-state index is -4.36. The number of halogens is 3. The zero-order valence-electron chi connectivity index (χ0n) is 18.3. The largest absolute Gasteiger partial charge is 0.416 e. The molecule has 3 aliphatic rings. The second-order valence-electron chi connectivity index (χ2n) is 8.84. The van der Waals surface area contributed by atoms with Crippen molar-refractivity contribution in [1.82, 2.24) is 9.88 Å². The normalized spacial score (nSPS) is 19.4. The molecule has 2 aliphatic heterocycles. The molecule has 1 aliphatic carbocycles. The molecule has 1 amide bonds. The lowest BCUT2D eigenvalue weighted by Crippen LogP contribution is -2.39. The third kappa shape index (κ3) is 4.49. The molecule has 2 aromatic rings. The van der Waals surface area contributed by atoms with Crippen LogP contribution in [-0.4, -0.2) is 55.2 Å². The van der Waals surface area contributed by atoms with Gasteiger partial charge in [0.1, 0.15) is 0 Å². The summed E-state index contributed by atoms with van der Waals surface area (Å²) in [5, 5.41) is 0. The van der Waals surface area contributed by atoms with Crippen LogP contribution in [0.25, 0.3) is 6.08 Å². The SMILES string of the molecule is O=C(C1=Cc2ncc(N3CCOCC3)cc2C1)N1CCC(c2ccccc2C(F)(F)F)CC1. The van der Waals surface area contributed by atoms with Crippen molar-refractivity contribution in [1.29, 1.82) is 0 Å². The lowest BCUT2D eigenvalue weighted by molar-refractivity contribution is -0.138. The molecule has 0 unspecified atom stereocenters. The molecule has 1 aromatic heterocycles. The highest BCUT2D eigenvalue weighted by molar-refractivity contribution is 6.00. The fourth-order valence-electron chi connectivity index (χ4n) is 5.04. The standard InChI is InChI=1S/C25H26F3N3O2/c26-25(27,28)22-4-2-1-3-21(22)17-5-7-31(8-6-17)24(32)19-13-18-14-20(16-29-23(18)15-19)30-9-11-33-12-10-30/h1-4,14-17H,5-13H2. The van der Waals surface area contributed by atoms with E-state index in [9.17, 15) is 18.0 Å². The van der Waals surface area contributed by atoms with Crippen LogP contribution in [-0.2, 0) is 22.1 Å². The van der Waals surface area contributed by atoms with Crippen molar-refractivity contribution < 1.29 is 22.7 Å². The number of hydrogen-bond donors (Lipinski definition) is 0. The van der Waals surface area contributed by atoms with E-state index in [4.69, 9.17) is 4.74 Å². The van der Waals surface area contributed by atoms with Gasteiger partial charge < -0.3 is 14.5 Å². The number of benzene rings is 1. The fourth-order valence-corrected chi connectivity index (χ4v) is 5.04. The van der Waals surface area contributed by atoms with Crippen LogP contribution in [0.5, 0.6) is 0 Å². The number of aromatic nitrogens is 1. The zero-order valence-corrected chi connectivity index (χ0v) is 18.3. The summed E-state index contributed by atoms with van der Waals surface area (Å²) >= 11 is 0. The Morgan fingerprint density at radius 2 is 1.79 bits per heavy atom. The van der Waals surface area contributed by atoms with E-state index in [1.165, 1.54) is 6.07 Å². The summed E-state index contributed by atoms with van der Waals surface area (Å²) in [6.45, 7) is 3.95. The predicted molar refractivity (Wildman–Crippen MR) is 119 cm³/mol. The van der Waals surface area contributed by atoms with Crippen molar-refractivity contribution in [2.75, 3.05) is 44.3 Å². The molecule has 0 bridgehead atoms. The second-order valence-corrected chi connectivity index (χ2v) is 8.84. The number of fused-ring (bicyclic) bond motifs is 1. The molecule has 2 fully saturated rings. The Hall–Kier alpha value is -2.87. The van der Waals surface area contributed by atoms with Gasteiger partial charge in [-0.3, -0.25) is 9.78 Å². The number of hydrogen-bond acceptors (Lipinski definition) is 4. The van der Waals surface area contributed by atoms with Gasteiger partial charge in [0.25, 0.3) is 0 Å². The molecule has 0 saturated carbocycles.